The van der Waals surface area contributed by atoms with Crippen LogP contribution in [0.5, 0.6) is 0 Å². The first kappa shape index (κ1) is 7.72. The lowest BCUT2D eigenvalue weighted by Gasteiger charge is -2.13. The normalized spacial score (nSPS) is 14.0. The minimum absolute atomic E-state index is 0.311. The van der Waals surface area contributed by atoms with E-state index < -0.39 is 5.91 Å². The molecule has 5 nitrogen and oxygen atoms in total. The lowest BCUT2D eigenvalue weighted by molar-refractivity contribution is -0.112. The molecule has 2 rings (SSSR count). The number of rotatable bonds is 1. The van der Waals surface area contributed by atoms with Crippen LogP contribution < -0.4 is 11.2 Å². The molecule has 13 heavy (non-hydrogen) atoms. The first-order valence-electron chi connectivity index (χ1n) is 3.83. The zero-order chi connectivity index (χ0) is 9.26. The standard InChI is InChI=1S/C8H8N4O/c9-8(13)7-4-6-5(11-12-7)2-1-3-10-6/h1-3,11H,4H2,(H2,9,13). The molecule has 0 saturated carbocycles. The van der Waals surface area contributed by atoms with Gasteiger partial charge in [0.15, 0.2) is 0 Å². The Bertz CT molecular complexity index is 385. The molecular formula is C8H8N4O. The van der Waals surface area contributed by atoms with Crippen molar-refractivity contribution < 1.29 is 4.79 Å². The predicted molar refractivity (Wildman–Crippen MR) is 48.2 cm³/mol. The molecule has 0 fully saturated rings. The highest BCUT2D eigenvalue weighted by Gasteiger charge is 2.16. The maximum Gasteiger partial charge on any atom is 0.265 e. The quantitative estimate of drug-likeness (QED) is 0.626. The van der Waals surface area contributed by atoms with Gasteiger partial charge in [0.2, 0.25) is 0 Å². The molecule has 0 aliphatic carbocycles. The first-order valence-corrected chi connectivity index (χ1v) is 3.83. The minimum atomic E-state index is -0.510. The highest BCUT2D eigenvalue weighted by atomic mass is 16.1. The largest absolute Gasteiger partial charge is 0.364 e. The lowest BCUT2D eigenvalue weighted by Crippen LogP contribution is -2.29. The topological polar surface area (TPSA) is 80.4 Å². The van der Waals surface area contributed by atoms with E-state index in [9.17, 15) is 4.79 Å². The Balaban J connectivity index is 2.33. The highest BCUT2D eigenvalue weighted by Crippen LogP contribution is 2.16. The van der Waals surface area contributed by atoms with Gasteiger partial charge >= 0.3 is 0 Å². The summed E-state index contributed by atoms with van der Waals surface area (Å²) < 4.78 is 0. The Morgan fingerprint density at radius 2 is 2.46 bits per heavy atom. The van der Waals surface area contributed by atoms with Gasteiger partial charge < -0.3 is 5.73 Å². The van der Waals surface area contributed by atoms with E-state index in [2.05, 4.69) is 15.5 Å². The van der Waals surface area contributed by atoms with Gasteiger partial charge in [-0.3, -0.25) is 15.2 Å². The second kappa shape index (κ2) is 2.85. The van der Waals surface area contributed by atoms with Crippen molar-refractivity contribution in [1.82, 2.24) is 4.98 Å². The van der Waals surface area contributed by atoms with Crippen molar-refractivity contribution in [3.63, 3.8) is 0 Å². The van der Waals surface area contributed by atoms with E-state index in [0.29, 0.717) is 12.1 Å². The fraction of sp³-hybridized carbons (Fsp3) is 0.125. The number of carbonyl (C=O) groups excluding carboxylic acids is 1. The van der Waals surface area contributed by atoms with Crippen molar-refractivity contribution in [3.05, 3.63) is 24.0 Å². The van der Waals surface area contributed by atoms with Crippen LogP contribution >= 0.6 is 0 Å². The summed E-state index contributed by atoms with van der Waals surface area (Å²) in [7, 11) is 0. The third-order valence-electron chi connectivity index (χ3n) is 1.82. The lowest BCUT2D eigenvalue weighted by atomic mass is 10.1. The third kappa shape index (κ3) is 1.35. The number of amides is 1. The predicted octanol–water partition coefficient (Wildman–Crippen LogP) is -0.109. The molecule has 0 bridgehead atoms. The number of nitrogens with zero attached hydrogens (tertiary/aromatic N) is 2. The van der Waals surface area contributed by atoms with Gasteiger partial charge in [-0.15, -0.1) is 0 Å². The number of nitrogens with one attached hydrogen (secondary N) is 1. The Morgan fingerprint density at radius 3 is 3.23 bits per heavy atom. The number of fused-ring (bicyclic) bond motifs is 1. The smallest absolute Gasteiger partial charge is 0.265 e. The van der Waals surface area contributed by atoms with E-state index in [0.717, 1.165) is 11.4 Å². The summed E-state index contributed by atoms with van der Waals surface area (Å²) in [4.78, 5) is 14.9. The number of primary amides is 1. The van der Waals surface area contributed by atoms with Gasteiger partial charge in [0.25, 0.3) is 5.91 Å². The van der Waals surface area contributed by atoms with E-state index >= 15 is 0 Å². The zero-order valence-corrected chi connectivity index (χ0v) is 6.82. The molecule has 0 spiro atoms. The molecule has 1 amide bonds. The Labute approximate surface area is 74.7 Å². The monoisotopic (exact) mass is 176 g/mol. The second-order valence-corrected chi connectivity index (χ2v) is 2.71. The van der Waals surface area contributed by atoms with Crippen LogP contribution in [0.2, 0.25) is 0 Å². The number of nitrogens with two attached hydrogens (primary N) is 1. The average Bonchev–Trinajstić information content (AvgIpc) is 2.17. The van der Waals surface area contributed by atoms with Crippen molar-refractivity contribution in [3.8, 4) is 0 Å². The maximum atomic E-state index is 10.8. The van der Waals surface area contributed by atoms with E-state index in [1.807, 2.05) is 6.07 Å². The molecule has 0 atom stereocenters. The summed E-state index contributed by atoms with van der Waals surface area (Å²) in [5.41, 5.74) is 9.74. The van der Waals surface area contributed by atoms with Gasteiger partial charge in [0.1, 0.15) is 5.71 Å². The zero-order valence-electron chi connectivity index (χ0n) is 6.82. The summed E-state index contributed by atoms with van der Waals surface area (Å²) in [5.74, 6) is -0.510. The van der Waals surface area contributed by atoms with Gasteiger partial charge in [0.05, 0.1) is 11.4 Å². The van der Waals surface area contributed by atoms with Crippen LogP contribution in [-0.4, -0.2) is 16.6 Å². The molecule has 1 aliphatic rings. The molecule has 5 heteroatoms. The average molecular weight is 176 g/mol. The van der Waals surface area contributed by atoms with Gasteiger partial charge in [-0.25, -0.2) is 0 Å². The number of pyridine rings is 1. The van der Waals surface area contributed by atoms with Crippen molar-refractivity contribution >= 4 is 17.3 Å². The van der Waals surface area contributed by atoms with Gasteiger partial charge in [-0.1, -0.05) is 0 Å². The van der Waals surface area contributed by atoms with E-state index in [-0.39, 0.29) is 0 Å². The van der Waals surface area contributed by atoms with Gasteiger partial charge in [0, 0.05) is 12.6 Å². The number of hydrogen-bond acceptors (Lipinski definition) is 4. The number of anilines is 1. The molecule has 3 N–H and O–H groups in total. The summed E-state index contributed by atoms with van der Waals surface area (Å²) in [6, 6.07) is 3.65. The molecular weight excluding hydrogens is 168 g/mol. The van der Waals surface area contributed by atoms with E-state index in [1.54, 1.807) is 12.3 Å². The van der Waals surface area contributed by atoms with Gasteiger partial charge in [-0.2, -0.15) is 5.10 Å². The van der Waals surface area contributed by atoms with Crippen LogP contribution in [0.1, 0.15) is 5.69 Å². The molecule has 1 aliphatic heterocycles. The number of carbonyl (C=O) groups is 1. The Kier molecular flexibility index (Phi) is 1.70. The minimum Gasteiger partial charge on any atom is -0.364 e. The van der Waals surface area contributed by atoms with Crippen LogP contribution in [0.25, 0.3) is 0 Å². The fourth-order valence-electron chi connectivity index (χ4n) is 1.15. The molecule has 0 unspecified atom stereocenters. The SMILES string of the molecule is NC(=O)C1=NNc2cccnc2C1. The molecule has 0 saturated heterocycles. The Hall–Kier alpha value is -1.91. The fourth-order valence-corrected chi connectivity index (χ4v) is 1.15. The second-order valence-electron chi connectivity index (χ2n) is 2.71. The van der Waals surface area contributed by atoms with Crippen LogP contribution in [0, 0.1) is 0 Å². The van der Waals surface area contributed by atoms with Crippen molar-refractivity contribution in [2.24, 2.45) is 10.8 Å². The molecule has 0 radical (unpaired) electrons. The molecule has 1 aromatic heterocycles. The summed E-state index contributed by atoms with van der Waals surface area (Å²) in [6.45, 7) is 0. The van der Waals surface area contributed by atoms with Crippen LogP contribution in [0.15, 0.2) is 23.4 Å². The van der Waals surface area contributed by atoms with Crippen LogP contribution in [0.3, 0.4) is 0 Å². The summed E-state index contributed by atoms with van der Waals surface area (Å²) >= 11 is 0. The third-order valence-corrected chi connectivity index (χ3v) is 1.82. The van der Waals surface area contributed by atoms with Crippen molar-refractivity contribution in [1.29, 1.82) is 0 Å². The van der Waals surface area contributed by atoms with Gasteiger partial charge in [-0.05, 0) is 12.1 Å². The number of hydrazone groups is 1. The van der Waals surface area contributed by atoms with Crippen LogP contribution in [0.4, 0.5) is 5.69 Å². The van der Waals surface area contributed by atoms with E-state index in [1.165, 1.54) is 0 Å². The highest BCUT2D eigenvalue weighted by molar-refractivity contribution is 6.39. The Morgan fingerprint density at radius 1 is 1.62 bits per heavy atom. The maximum absolute atomic E-state index is 10.8. The van der Waals surface area contributed by atoms with Crippen molar-refractivity contribution in [2.75, 3.05) is 5.43 Å². The first-order chi connectivity index (χ1) is 6.27. The molecule has 1 aromatic rings. The summed E-state index contributed by atoms with van der Waals surface area (Å²) in [5, 5.41) is 3.82. The number of hydrogen-bond donors (Lipinski definition) is 2. The van der Waals surface area contributed by atoms with Crippen molar-refractivity contribution in [2.45, 2.75) is 6.42 Å². The number of aromatic nitrogens is 1. The van der Waals surface area contributed by atoms with E-state index in [4.69, 9.17) is 5.73 Å². The van der Waals surface area contributed by atoms with Crippen LogP contribution in [-0.2, 0) is 11.2 Å². The molecule has 0 aromatic carbocycles. The summed E-state index contributed by atoms with van der Waals surface area (Å²) in [6.07, 6.45) is 2.07. The molecule has 66 valence electrons. The molecule has 2 heterocycles.